The summed E-state index contributed by atoms with van der Waals surface area (Å²) in [5.74, 6) is 0.834. The summed E-state index contributed by atoms with van der Waals surface area (Å²) in [5.41, 5.74) is 1.25. The predicted molar refractivity (Wildman–Crippen MR) is 70.6 cm³/mol. The fraction of sp³-hybridized carbons (Fsp3) is 0.500. The topological polar surface area (TPSA) is 54.4 Å². The molecule has 1 aliphatic carbocycles. The Morgan fingerprint density at radius 1 is 1.41 bits per heavy atom. The van der Waals surface area contributed by atoms with Gasteiger partial charge in [-0.05, 0) is 49.3 Å². The van der Waals surface area contributed by atoms with E-state index in [2.05, 4.69) is 28.1 Å². The third-order valence-electron chi connectivity index (χ3n) is 3.36. The molecule has 0 spiro atoms. The van der Waals surface area contributed by atoms with Gasteiger partial charge in [-0.15, -0.1) is 0 Å². The Balaban J connectivity index is 1.95. The molecule has 0 bridgehead atoms. The van der Waals surface area contributed by atoms with Gasteiger partial charge in [-0.1, -0.05) is 28.1 Å². The Kier molecular flexibility index (Phi) is 3.61. The van der Waals surface area contributed by atoms with Gasteiger partial charge in [0, 0.05) is 4.47 Å². The highest BCUT2D eigenvalue weighted by Gasteiger charge is 2.40. The highest BCUT2D eigenvalue weighted by atomic mass is 79.9. The lowest BCUT2D eigenvalue weighted by atomic mass is 10.1. The molecule has 1 aromatic carbocycles. The highest BCUT2D eigenvalue weighted by molar-refractivity contribution is 9.10. The third kappa shape index (κ3) is 3.30. The van der Waals surface area contributed by atoms with Crippen LogP contribution in [0.3, 0.4) is 0 Å². The van der Waals surface area contributed by atoms with Crippen LogP contribution >= 0.6 is 15.9 Å². The minimum Gasteiger partial charge on any atom is -0.285 e. The van der Waals surface area contributed by atoms with Crippen molar-refractivity contribution in [3.05, 3.63) is 34.3 Å². The Morgan fingerprint density at radius 2 is 2.00 bits per heavy atom. The molecule has 1 aliphatic rings. The standard InChI is InChI=1S/C12H15BrO3S/c1-8(17(14,15)16)6-10-7-12(10)9-2-4-11(13)5-3-9/h2-5,8,10,12H,6-7H2,1H3,(H,14,15,16)/t8?,10-,12+/m1/s1. The van der Waals surface area contributed by atoms with Crippen LogP contribution in [0.15, 0.2) is 28.7 Å². The van der Waals surface area contributed by atoms with Crippen molar-refractivity contribution in [3.63, 3.8) is 0 Å². The van der Waals surface area contributed by atoms with Crippen molar-refractivity contribution >= 4 is 26.0 Å². The van der Waals surface area contributed by atoms with Gasteiger partial charge < -0.3 is 0 Å². The van der Waals surface area contributed by atoms with Gasteiger partial charge in [-0.3, -0.25) is 4.55 Å². The molecule has 0 radical (unpaired) electrons. The lowest BCUT2D eigenvalue weighted by Gasteiger charge is -2.07. The van der Waals surface area contributed by atoms with Crippen LogP contribution in [0, 0.1) is 5.92 Å². The smallest absolute Gasteiger partial charge is 0.267 e. The second-order valence-corrected chi connectivity index (χ2v) is 7.47. The van der Waals surface area contributed by atoms with Crippen LogP contribution < -0.4 is 0 Å². The molecule has 0 heterocycles. The van der Waals surface area contributed by atoms with Crippen molar-refractivity contribution in [2.75, 3.05) is 0 Å². The first-order valence-electron chi connectivity index (χ1n) is 5.59. The molecule has 1 unspecified atom stereocenters. The Morgan fingerprint density at radius 3 is 2.53 bits per heavy atom. The molecule has 1 aromatic rings. The summed E-state index contributed by atoms with van der Waals surface area (Å²) in [7, 11) is -3.88. The quantitative estimate of drug-likeness (QED) is 0.867. The average molecular weight is 319 g/mol. The molecule has 0 aliphatic heterocycles. The first-order valence-corrected chi connectivity index (χ1v) is 7.89. The Labute approximate surface area is 110 Å². The van der Waals surface area contributed by atoms with Crippen LogP contribution in [0.25, 0.3) is 0 Å². The van der Waals surface area contributed by atoms with Crippen LogP contribution in [0.4, 0.5) is 0 Å². The molecular weight excluding hydrogens is 304 g/mol. The van der Waals surface area contributed by atoms with Crippen molar-refractivity contribution in [2.24, 2.45) is 5.92 Å². The highest BCUT2D eigenvalue weighted by Crippen LogP contribution is 2.50. The maximum atomic E-state index is 10.9. The van der Waals surface area contributed by atoms with Crippen LogP contribution in [0.1, 0.15) is 31.2 Å². The SMILES string of the molecule is CC(C[C@@H]1C[C@H]1c1ccc(Br)cc1)S(=O)(=O)O. The van der Waals surface area contributed by atoms with Crippen molar-refractivity contribution in [1.29, 1.82) is 0 Å². The molecule has 0 aromatic heterocycles. The number of hydrogen-bond acceptors (Lipinski definition) is 2. The summed E-state index contributed by atoms with van der Waals surface area (Å²) in [6.07, 6.45) is 1.56. The summed E-state index contributed by atoms with van der Waals surface area (Å²) < 4.78 is 31.8. The van der Waals surface area contributed by atoms with E-state index >= 15 is 0 Å². The van der Waals surface area contributed by atoms with E-state index in [9.17, 15) is 8.42 Å². The second-order valence-electron chi connectivity index (χ2n) is 4.72. The van der Waals surface area contributed by atoms with Crippen molar-refractivity contribution < 1.29 is 13.0 Å². The second kappa shape index (κ2) is 4.71. The fourth-order valence-electron chi connectivity index (χ4n) is 2.17. The molecular formula is C12H15BrO3S. The molecule has 1 saturated carbocycles. The number of hydrogen-bond donors (Lipinski definition) is 1. The maximum Gasteiger partial charge on any atom is 0.267 e. The van der Waals surface area contributed by atoms with E-state index in [1.165, 1.54) is 5.56 Å². The van der Waals surface area contributed by atoms with Gasteiger partial charge >= 0.3 is 0 Å². The van der Waals surface area contributed by atoms with Gasteiger partial charge in [0.2, 0.25) is 0 Å². The van der Waals surface area contributed by atoms with Gasteiger partial charge in [-0.2, -0.15) is 8.42 Å². The molecule has 3 atom stereocenters. The molecule has 5 heteroatoms. The van der Waals surface area contributed by atoms with E-state index in [1.54, 1.807) is 6.92 Å². The summed E-state index contributed by atoms with van der Waals surface area (Å²) >= 11 is 3.38. The lowest BCUT2D eigenvalue weighted by Crippen LogP contribution is -2.17. The van der Waals surface area contributed by atoms with E-state index in [4.69, 9.17) is 4.55 Å². The van der Waals surface area contributed by atoms with Crippen LogP contribution in [-0.4, -0.2) is 18.2 Å². The van der Waals surface area contributed by atoms with E-state index in [0.29, 0.717) is 18.3 Å². The molecule has 0 amide bonds. The number of benzene rings is 1. The van der Waals surface area contributed by atoms with Gasteiger partial charge in [-0.25, -0.2) is 0 Å². The number of halogens is 1. The predicted octanol–water partition coefficient (Wildman–Crippen LogP) is 3.22. The normalized spacial score (nSPS) is 25.6. The van der Waals surface area contributed by atoms with Gasteiger partial charge in [0.25, 0.3) is 10.1 Å². The van der Waals surface area contributed by atoms with Gasteiger partial charge in [0.1, 0.15) is 0 Å². The van der Waals surface area contributed by atoms with E-state index < -0.39 is 15.4 Å². The Bertz CT molecular complexity index is 495. The molecule has 17 heavy (non-hydrogen) atoms. The van der Waals surface area contributed by atoms with Crippen LogP contribution in [-0.2, 0) is 10.1 Å². The summed E-state index contributed by atoms with van der Waals surface area (Å²) in [6, 6.07) is 8.12. The minimum absolute atomic E-state index is 0.383. The monoisotopic (exact) mass is 318 g/mol. The van der Waals surface area contributed by atoms with Crippen molar-refractivity contribution in [3.8, 4) is 0 Å². The van der Waals surface area contributed by atoms with E-state index in [-0.39, 0.29) is 0 Å². The summed E-state index contributed by atoms with van der Waals surface area (Å²) in [5, 5.41) is -0.659. The zero-order chi connectivity index (χ0) is 12.6. The van der Waals surface area contributed by atoms with E-state index in [1.807, 2.05) is 12.1 Å². The zero-order valence-electron chi connectivity index (χ0n) is 9.51. The largest absolute Gasteiger partial charge is 0.285 e. The van der Waals surface area contributed by atoms with Gasteiger partial charge in [0.05, 0.1) is 5.25 Å². The molecule has 3 nitrogen and oxygen atoms in total. The average Bonchev–Trinajstić information content (AvgIpc) is 2.97. The van der Waals surface area contributed by atoms with Crippen LogP contribution in [0.5, 0.6) is 0 Å². The van der Waals surface area contributed by atoms with Crippen LogP contribution in [0.2, 0.25) is 0 Å². The molecule has 0 saturated heterocycles. The molecule has 1 fully saturated rings. The molecule has 94 valence electrons. The van der Waals surface area contributed by atoms with Crippen molar-refractivity contribution in [1.82, 2.24) is 0 Å². The minimum atomic E-state index is -3.88. The number of rotatable bonds is 4. The summed E-state index contributed by atoms with van der Waals surface area (Å²) in [6.45, 7) is 1.56. The van der Waals surface area contributed by atoms with Gasteiger partial charge in [0.15, 0.2) is 0 Å². The maximum absolute atomic E-state index is 10.9. The fourth-order valence-corrected chi connectivity index (χ4v) is 2.93. The molecule has 2 rings (SSSR count). The van der Waals surface area contributed by atoms with E-state index in [0.717, 1.165) is 10.9 Å². The zero-order valence-corrected chi connectivity index (χ0v) is 11.9. The third-order valence-corrected chi connectivity index (χ3v) is 5.10. The molecule has 1 N–H and O–H groups in total. The first kappa shape index (κ1) is 13.1. The summed E-state index contributed by atoms with van der Waals surface area (Å²) in [4.78, 5) is 0. The lowest BCUT2D eigenvalue weighted by molar-refractivity contribution is 0.461. The Hall–Kier alpha value is -0.390. The van der Waals surface area contributed by atoms with Crippen molar-refractivity contribution in [2.45, 2.75) is 30.9 Å². The first-order chi connectivity index (χ1) is 7.88.